The summed E-state index contributed by atoms with van der Waals surface area (Å²) >= 11 is 0. The fourth-order valence-electron chi connectivity index (χ4n) is 5.78. The first kappa shape index (κ1) is 34.5. The molecule has 45 heavy (non-hydrogen) atoms. The second kappa shape index (κ2) is 15.8. The van der Waals surface area contributed by atoms with E-state index in [1.807, 2.05) is 13.1 Å². The summed E-state index contributed by atoms with van der Waals surface area (Å²) in [6, 6.07) is 13.0. The first-order valence-electron chi connectivity index (χ1n) is 16.4. The van der Waals surface area contributed by atoms with Crippen molar-refractivity contribution in [3.63, 3.8) is 0 Å². The minimum Gasteiger partial charge on any atom is -0.392 e. The van der Waals surface area contributed by atoms with Gasteiger partial charge in [0, 0.05) is 13.1 Å². The number of nitrogens with one attached hydrogen (secondary N) is 1. The number of fused-ring (bicyclic) bond motifs is 1. The van der Waals surface area contributed by atoms with E-state index in [2.05, 4.69) is 98.8 Å². The molecule has 0 bridgehead atoms. The molecule has 0 spiro atoms. The third kappa shape index (κ3) is 10.1. The third-order valence-corrected chi connectivity index (χ3v) is 9.01. The van der Waals surface area contributed by atoms with Crippen LogP contribution in [0, 0.1) is 10.8 Å². The van der Waals surface area contributed by atoms with Gasteiger partial charge in [0.1, 0.15) is 0 Å². The van der Waals surface area contributed by atoms with Crippen LogP contribution >= 0.6 is 0 Å². The van der Waals surface area contributed by atoms with Crippen molar-refractivity contribution in [3.05, 3.63) is 76.8 Å². The molecule has 4 rings (SSSR count). The van der Waals surface area contributed by atoms with E-state index in [0.717, 1.165) is 67.7 Å². The number of allylic oxidation sites excluding steroid dienone is 1. The monoisotopic (exact) mass is 609 g/mol. The van der Waals surface area contributed by atoms with Gasteiger partial charge in [-0.25, -0.2) is 0 Å². The van der Waals surface area contributed by atoms with Crippen LogP contribution in [0.1, 0.15) is 82.1 Å². The van der Waals surface area contributed by atoms with Crippen LogP contribution in [-0.4, -0.2) is 90.0 Å². The van der Waals surface area contributed by atoms with Crippen molar-refractivity contribution in [1.82, 2.24) is 19.8 Å². The van der Waals surface area contributed by atoms with Gasteiger partial charge in [0.15, 0.2) is 0 Å². The van der Waals surface area contributed by atoms with E-state index in [9.17, 15) is 5.11 Å². The summed E-state index contributed by atoms with van der Waals surface area (Å²) in [6.45, 7) is 16.5. The number of aryl methyl sites for hydroxylation is 1. The number of unbranched alkanes of at least 4 members (excludes halogenated alkanes) is 1. The van der Waals surface area contributed by atoms with Gasteiger partial charge in [-0.05, 0) is 19.4 Å². The minimum atomic E-state index is -0.160. The van der Waals surface area contributed by atoms with Crippen LogP contribution in [0.15, 0.2) is 54.4 Å². The number of β-amino-alcohol motifs (C(OH)–C–C–N with tert-alkyl or cyclic N) is 1. The molecule has 1 aromatic heterocycles. The van der Waals surface area contributed by atoms with E-state index in [-0.39, 0.29) is 17.3 Å². The van der Waals surface area contributed by atoms with E-state index < -0.39 is 0 Å². The Morgan fingerprint density at radius 1 is 1.22 bits per heavy atom. The van der Waals surface area contributed by atoms with Crippen molar-refractivity contribution in [2.24, 2.45) is 5.41 Å². The van der Waals surface area contributed by atoms with Crippen LogP contribution in [0.4, 0.5) is 0 Å². The first-order valence-corrected chi connectivity index (χ1v) is 16.4. The number of benzene rings is 2. The number of aromatic nitrogens is 2. The summed E-state index contributed by atoms with van der Waals surface area (Å²) in [5.74, 6) is 1.12. The van der Waals surface area contributed by atoms with E-state index in [1.54, 1.807) is 13.4 Å². The van der Waals surface area contributed by atoms with Crippen molar-refractivity contribution in [3.8, 4) is 5.75 Å². The van der Waals surface area contributed by atoms with Gasteiger partial charge in [-0.15, -0.1) is 0 Å². The molecule has 2 unspecified atom stereocenters. The van der Waals surface area contributed by atoms with Crippen LogP contribution in [0.2, 0.25) is 0 Å². The van der Waals surface area contributed by atoms with E-state index in [4.69, 9.17) is 15.1 Å². The van der Waals surface area contributed by atoms with Gasteiger partial charge in [0.05, 0.1) is 6.10 Å². The van der Waals surface area contributed by atoms with Gasteiger partial charge < -0.3 is 10.0 Å². The molecule has 0 saturated carbocycles. The fourth-order valence-corrected chi connectivity index (χ4v) is 5.78. The molecular weight excluding hydrogens is 557 g/mol. The number of nitrogens with zero attached hydrogens (tertiary/aromatic N) is 4. The van der Waals surface area contributed by atoms with Crippen molar-refractivity contribution < 1.29 is 9.84 Å². The van der Waals surface area contributed by atoms with Crippen LogP contribution in [0.25, 0.3) is 10.9 Å². The fraction of sp³-hybridized carbons (Fsp3) is 0.514. The van der Waals surface area contributed by atoms with Crippen LogP contribution in [-0.2, 0) is 12.8 Å². The molecule has 3 aromatic rings. The minimum absolute atomic E-state index is 0.0765. The molecule has 240 valence electrons. The zero-order valence-corrected chi connectivity index (χ0v) is 28.4. The number of aliphatic hydroxyl groups is 1. The molecule has 2 heterocycles. The molecule has 0 aliphatic carbocycles. The molecule has 0 radical (unpaired) electrons. The summed E-state index contributed by atoms with van der Waals surface area (Å²) in [5, 5.41) is 19.2. The second-order valence-electron chi connectivity index (χ2n) is 13.8. The Hall–Kier alpha value is -3.36. The summed E-state index contributed by atoms with van der Waals surface area (Å²) < 4.78 is 5.83. The molecule has 2 atom stereocenters. The Balaban J connectivity index is 1.40. The summed E-state index contributed by atoms with van der Waals surface area (Å²) in [7, 11) is 3.76. The first-order chi connectivity index (χ1) is 21.4. The smallest absolute Gasteiger partial charge is 0.392 e. The Morgan fingerprint density at radius 3 is 2.73 bits per heavy atom. The molecule has 1 aliphatic heterocycles. The van der Waals surface area contributed by atoms with E-state index >= 15 is 0 Å². The van der Waals surface area contributed by atoms with Gasteiger partial charge >= 0.3 is 223 Å². The Kier molecular flexibility index (Phi) is 12.1. The van der Waals surface area contributed by atoms with Gasteiger partial charge in [0.25, 0.3) is 0 Å². The molecular formula is C37H52BN5O2. The van der Waals surface area contributed by atoms with Gasteiger partial charge in [-0.1, -0.05) is 0 Å². The molecule has 8 heteroatoms. The summed E-state index contributed by atoms with van der Waals surface area (Å²) in [4.78, 5) is 13.7. The van der Waals surface area contributed by atoms with E-state index in [1.165, 1.54) is 22.3 Å². The average Bonchev–Trinajstić information content (AvgIpc) is 3.42. The number of aliphatic hydroxyl groups excluding tert-OH is 1. The zero-order chi connectivity index (χ0) is 32.6. The number of methoxy groups -OCH3 is 1. The Labute approximate surface area is 271 Å². The molecule has 2 aromatic carbocycles. The summed E-state index contributed by atoms with van der Waals surface area (Å²) in [5.41, 5.74) is 7.49. The second-order valence-corrected chi connectivity index (χ2v) is 13.8. The standard InChI is InChI=1S/C37H52BN5O2/c1-26(37(3,4)5)17-31(39)22-42(6)24-38-27(2)29-13-10-11-28(18-29)19-34-33-21-36(45-7)30(20-35(33)41-25-40-34)12-8-9-15-43-16-14-32(44)23-43/h10-11,13,17-18,20-21,24-25,27,32,39,44H,8-9,12,14-16,19,22-23H2,1-7H3/b26-17+,39-31?. The van der Waals surface area contributed by atoms with Crippen LogP contribution < -0.4 is 4.74 Å². The Bertz CT molecular complexity index is 1510. The third-order valence-electron chi connectivity index (χ3n) is 9.01. The van der Waals surface area contributed by atoms with Crippen molar-refractivity contribution >= 4 is 29.6 Å². The molecule has 1 saturated heterocycles. The van der Waals surface area contributed by atoms with Gasteiger partial charge in [-0.2, -0.15) is 0 Å². The number of rotatable bonds is 14. The van der Waals surface area contributed by atoms with Gasteiger partial charge in [0.2, 0.25) is 0 Å². The molecule has 0 amide bonds. The quantitative estimate of drug-likeness (QED) is 0.131. The molecule has 2 N–H and O–H groups in total. The number of hydrogen-bond donors (Lipinski definition) is 2. The Morgan fingerprint density at radius 2 is 2.02 bits per heavy atom. The molecule has 1 fully saturated rings. The maximum atomic E-state index is 9.78. The summed E-state index contributed by atoms with van der Waals surface area (Å²) in [6.07, 6.45) is 10.3. The predicted octanol–water partition coefficient (Wildman–Crippen LogP) is 6.09. The number of hydrogen-bond acceptors (Lipinski definition) is 7. The van der Waals surface area contributed by atoms with Crippen LogP contribution in [0.5, 0.6) is 5.75 Å². The normalized spacial score (nSPS) is 16.7. The maximum absolute atomic E-state index is 9.78. The molecule has 7 nitrogen and oxygen atoms in total. The van der Waals surface area contributed by atoms with Gasteiger partial charge in [-0.3, -0.25) is 0 Å². The molecule has 1 aliphatic rings. The van der Waals surface area contributed by atoms with Crippen molar-refractivity contribution in [2.45, 2.75) is 78.6 Å². The van der Waals surface area contributed by atoms with E-state index in [0.29, 0.717) is 18.7 Å². The average molecular weight is 610 g/mol. The predicted molar refractivity (Wildman–Crippen MR) is 189 cm³/mol. The van der Waals surface area contributed by atoms with Crippen LogP contribution in [0.3, 0.4) is 0 Å². The number of likely N-dealkylation sites (tertiary alicyclic amines) is 1. The zero-order valence-electron chi connectivity index (χ0n) is 28.4. The SMILES string of the molecule is COc1cc2c(Cc3cccc(C(C)B=CN(C)CC(=N)/C=C(\C)C(C)(C)C)c3)ncnc2cc1CCCCN1CCC(O)C1. The van der Waals surface area contributed by atoms with Crippen molar-refractivity contribution in [2.75, 3.05) is 40.3 Å². The topological polar surface area (TPSA) is 85.6 Å². The number of ether oxygens (including phenoxy) is 1. The van der Waals surface area contributed by atoms with Crippen molar-refractivity contribution in [1.29, 1.82) is 5.41 Å².